The highest BCUT2D eigenvalue weighted by atomic mass is 79.9. The lowest BCUT2D eigenvalue weighted by Gasteiger charge is -2.18. The number of aryl methyl sites for hydroxylation is 1. The molecule has 0 radical (unpaired) electrons. The number of alkyl halides is 1. The number of hydrogen-bond acceptors (Lipinski definition) is 2. The molecule has 1 aliphatic heterocycles. The van der Waals surface area contributed by atoms with Crippen molar-refractivity contribution >= 4 is 22.0 Å². The molecule has 1 aromatic rings. The van der Waals surface area contributed by atoms with Gasteiger partial charge in [0.05, 0.1) is 0 Å². The van der Waals surface area contributed by atoms with Crippen molar-refractivity contribution in [3.05, 3.63) is 29.8 Å². The Morgan fingerprint density at radius 2 is 2.05 bits per heavy atom. The average molecular weight is 356 g/mol. The molecule has 0 bridgehead atoms. The summed E-state index contributed by atoms with van der Waals surface area (Å²) in [5, 5.41) is 10.0. The van der Waals surface area contributed by atoms with Gasteiger partial charge in [-0.05, 0) is 43.4 Å². The van der Waals surface area contributed by atoms with Crippen LogP contribution in [-0.4, -0.2) is 40.6 Å². The van der Waals surface area contributed by atoms with E-state index in [1.807, 2.05) is 12.1 Å². The van der Waals surface area contributed by atoms with Crippen LogP contribution in [0.2, 0.25) is 0 Å². The van der Waals surface area contributed by atoms with Crippen LogP contribution < -0.4 is 4.74 Å². The zero-order chi connectivity index (χ0) is 15.1. The Labute approximate surface area is 134 Å². The predicted molar refractivity (Wildman–Crippen MR) is 86.4 cm³/mol. The third-order valence-electron chi connectivity index (χ3n) is 3.77. The number of rotatable bonds is 5. The van der Waals surface area contributed by atoms with Crippen molar-refractivity contribution in [3.8, 4) is 5.75 Å². The van der Waals surface area contributed by atoms with E-state index < -0.39 is 6.09 Å². The molecule has 0 saturated carbocycles. The van der Waals surface area contributed by atoms with Gasteiger partial charge in [-0.15, -0.1) is 0 Å². The van der Waals surface area contributed by atoms with E-state index in [1.54, 1.807) is 0 Å². The first-order valence-corrected chi connectivity index (χ1v) is 8.60. The lowest BCUT2D eigenvalue weighted by atomic mass is 10.1. The number of carbonyl (C=O) groups is 1. The smallest absolute Gasteiger partial charge is 0.407 e. The minimum absolute atomic E-state index is 0.114. The summed E-state index contributed by atoms with van der Waals surface area (Å²) < 4.78 is 5.99. The fourth-order valence-electron chi connectivity index (χ4n) is 2.57. The maximum atomic E-state index is 11.0. The molecular weight excluding hydrogens is 334 g/mol. The molecule has 1 N–H and O–H groups in total. The molecule has 1 aliphatic rings. The first-order chi connectivity index (χ1) is 10.2. The van der Waals surface area contributed by atoms with Gasteiger partial charge in [-0.25, -0.2) is 4.79 Å². The quantitative estimate of drug-likeness (QED) is 0.814. The van der Waals surface area contributed by atoms with Crippen LogP contribution in [-0.2, 0) is 6.42 Å². The molecule has 1 saturated heterocycles. The molecule has 5 heteroatoms. The van der Waals surface area contributed by atoms with Gasteiger partial charge in [0.1, 0.15) is 11.9 Å². The van der Waals surface area contributed by atoms with Crippen molar-refractivity contribution < 1.29 is 14.6 Å². The van der Waals surface area contributed by atoms with Crippen molar-refractivity contribution in [3.63, 3.8) is 0 Å². The lowest BCUT2D eigenvalue weighted by Crippen LogP contribution is -2.30. The van der Waals surface area contributed by atoms with Gasteiger partial charge in [-0.3, -0.25) is 0 Å². The summed E-state index contributed by atoms with van der Waals surface area (Å²) in [6, 6.07) is 8.25. The standard InChI is InChI=1S/C16H22BrNO3/c17-10-1-3-13-5-7-15(8-6-13)21-14-4-2-11-18(12-9-14)16(19)20/h5-8,14H,1-4,9-12H2,(H,19,20). The Morgan fingerprint density at radius 1 is 1.29 bits per heavy atom. The summed E-state index contributed by atoms with van der Waals surface area (Å²) in [5.74, 6) is 0.881. The van der Waals surface area contributed by atoms with E-state index in [9.17, 15) is 4.79 Å². The van der Waals surface area contributed by atoms with Gasteiger partial charge >= 0.3 is 6.09 Å². The van der Waals surface area contributed by atoms with E-state index in [1.165, 1.54) is 10.5 Å². The minimum atomic E-state index is -0.827. The van der Waals surface area contributed by atoms with E-state index in [2.05, 4.69) is 28.1 Å². The van der Waals surface area contributed by atoms with Gasteiger partial charge in [-0.2, -0.15) is 0 Å². The lowest BCUT2D eigenvalue weighted by molar-refractivity contribution is 0.142. The molecule has 1 amide bonds. The highest BCUT2D eigenvalue weighted by Gasteiger charge is 2.20. The largest absolute Gasteiger partial charge is 0.490 e. The number of benzene rings is 1. The summed E-state index contributed by atoms with van der Waals surface area (Å²) in [7, 11) is 0. The minimum Gasteiger partial charge on any atom is -0.490 e. The molecule has 1 fully saturated rings. The van der Waals surface area contributed by atoms with Crippen LogP contribution in [0, 0.1) is 0 Å². The molecule has 4 nitrogen and oxygen atoms in total. The zero-order valence-electron chi connectivity index (χ0n) is 12.1. The molecule has 1 heterocycles. The Bertz CT molecular complexity index is 449. The molecule has 0 aromatic heterocycles. The van der Waals surface area contributed by atoms with Gasteiger partial charge in [0.15, 0.2) is 0 Å². The van der Waals surface area contributed by atoms with Gasteiger partial charge < -0.3 is 14.7 Å². The van der Waals surface area contributed by atoms with Gasteiger partial charge in [0, 0.05) is 24.8 Å². The molecule has 1 aromatic carbocycles. The molecule has 1 atom stereocenters. The topological polar surface area (TPSA) is 49.8 Å². The summed E-state index contributed by atoms with van der Waals surface area (Å²) in [6.45, 7) is 1.17. The van der Waals surface area contributed by atoms with Gasteiger partial charge in [0.25, 0.3) is 0 Å². The van der Waals surface area contributed by atoms with Crippen LogP contribution in [0.25, 0.3) is 0 Å². The van der Waals surface area contributed by atoms with Crippen molar-refractivity contribution in [2.24, 2.45) is 0 Å². The number of amides is 1. The van der Waals surface area contributed by atoms with Crippen LogP contribution in [0.3, 0.4) is 0 Å². The second-order valence-electron chi connectivity index (χ2n) is 5.38. The Hall–Kier alpha value is -1.23. The van der Waals surface area contributed by atoms with Crippen LogP contribution in [0.15, 0.2) is 24.3 Å². The summed E-state index contributed by atoms with van der Waals surface area (Å²) in [6.07, 6.45) is 4.03. The normalized spacial score (nSPS) is 19.1. The van der Waals surface area contributed by atoms with E-state index in [0.717, 1.165) is 43.2 Å². The van der Waals surface area contributed by atoms with Crippen LogP contribution in [0.5, 0.6) is 5.75 Å². The fourth-order valence-corrected chi connectivity index (χ4v) is 2.85. The average Bonchev–Trinajstić information content (AvgIpc) is 2.72. The van der Waals surface area contributed by atoms with E-state index in [4.69, 9.17) is 9.84 Å². The second kappa shape index (κ2) is 8.27. The van der Waals surface area contributed by atoms with Crippen LogP contribution in [0.1, 0.15) is 31.2 Å². The molecule has 0 aliphatic carbocycles. The Morgan fingerprint density at radius 3 is 2.71 bits per heavy atom. The summed E-state index contributed by atoms with van der Waals surface area (Å²) in [4.78, 5) is 12.5. The fraction of sp³-hybridized carbons (Fsp3) is 0.562. The number of hydrogen-bond donors (Lipinski definition) is 1. The highest BCUT2D eigenvalue weighted by molar-refractivity contribution is 9.09. The van der Waals surface area contributed by atoms with E-state index in [-0.39, 0.29) is 6.10 Å². The maximum Gasteiger partial charge on any atom is 0.407 e. The first kappa shape index (κ1) is 16.1. The highest BCUT2D eigenvalue weighted by Crippen LogP contribution is 2.20. The third kappa shape index (κ3) is 5.23. The molecule has 2 rings (SSSR count). The van der Waals surface area contributed by atoms with Crippen molar-refractivity contribution in [1.82, 2.24) is 4.90 Å². The first-order valence-electron chi connectivity index (χ1n) is 7.48. The van der Waals surface area contributed by atoms with Crippen molar-refractivity contribution in [2.45, 2.75) is 38.2 Å². The Kier molecular flexibility index (Phi) is 6.36. The third-order valence-corrected chi connectivity index (χ3v) is 4.33. The SMILES string of the molecule is O=C(O)N1CCCC(Oc2ccc(CCCBr)cc2)CC1. The van der Waals surface area contributed by atoms with Crippen LogP contribution in [0.4, 0.5) is 4.79 Å². The summed E-state index contributed by atoms with van der Waals surface area (Å²) in [5.41, 5.74) is 1.32. The molecule has 1 unspecified atom stereocenters. The molecular formula is C16H22BrNO3. The molecule has 21 heavy (non-hydrogen) atoms. The summed E-state index contributed by atoms with van der Waals surface area (Å²) >= 11 is 3.44. The van der Waals surface area contributed by atoms with Crippen LogP contribution >= 0.6 is 15.9 Å². The van der Waals surface area contributed by atoms with E-state index in [0.29, 0.717) is 13.1 Å². The predicted octanol–water partition coefficient (Wildman–Crippen LogP) is 3.93. The second-order valence-corrected chi connectivity index (χ2v) is 6.17. The monoisotopic (exact) mass is 355 g/mol. The number of ether oxygens (including phenoxy) is 1. The van der Waals surface area contributed by atoms with Gasteiger partial charge in [-0.1, -0.05) is 28.1 Å². The van der Waals surface area contributed by atoms with Crippen molar-refractivity contribution in [1.29, 1.82) is 0 Å². The number of nitrogens with zero attached hydrogens (tertiary/aromatic N) is 1. The van der Waals surface area contributed by atoms with Gasteiger partial charge in [0.2, 0.25) is 0 Å². The van der Waals surface area contributed by atoms with Crippen molar-refractivity contribution in [2.75, 3.05) is 18.4 Å². The molecule has 0 spiro atoms. The zero-order valence-corrected chi connectivity index (χ0v) is 13.7. The number of likely N-dealkylation sites (tertiary alicyclic amines) is 1. The number of carboxylic acid groups (broad SMARTS) is 1. The maximum absolute atomic E-state index is 11.0. The molecule has 116 valence electrons. The Balaban J connectivity index is 1.85. The number of halogens is 1. The van der Waals surface area contributed by atoms with E-state index >= 15 is 0 Å².